The topological polar surface area (TPSA) is 46.5 Å². The van der Waals surface area contributed by atoms with Crippen molar-refractivity contribution in [2.75, 3.05) is 7.11 Å². The second kappa shape index (κ2) is 6.86. The summed E-state index contributed by atoms with van der Waals surface area (Å²) in [4.78, 5) is 11.7. The normalized spacial score (nSPS) is 12.7. The Labute approximate surface area is 137 Å². The highest BCUT2D eigenvalue weighted by Gasteiger charge is 2.21. The van der Waals surface area contributed by atoms with E-state index in [-0.39, 0.29) is 5.41 Å². The van der Waals surface area contributed by atoms with Gasteiger partial charge in [0.1, 0.15) is 5.75 Å². The third-order valence-corrected chi connectivity index (χ3v) is 4.05. The molecule has 2 aromatic rings. The van der Waals surface area contributed by atoms with Crippen LogP contribution >= 0.6 is 0 Å². The number of ether oxygens (including phenoxy) is 1. The van der Waals surface area contributed by atoms with Crippen molar-refractivity contribution in [3.63, 3.8) is 0 Å². The van der Waals surface area contributed by atoms with Gasteiger partial charge in [-0.25, -0.2) is 0 Å². The van der Waals surface area contributed by atoms with Crippen LogP contribution in [0, 0.1) is 0 Å². The lowest BCUT2D eigenvalue weighted by Crippen LogP contribution is -2.15. The highest BCUT2D eigenvalue weighted by molar-refractivity contribution is 5.76. The van der Waals surface area contributed by atoms with Crippen LogP contribution in [-0.2, 0) is 16.6 Å². The molecule has 0 spiro atoms. The molecule has 0 aromatic heterocycles. The molecule has 0 fully saturated rings. The van der Waals surface area contributed by atoms with E-state index in [1.165, 1.54) is 5.56 Å². The van der Waals surface area contributed by atoms with Crippen molar-refractivity contribution in [2.24, 2.45) is 0 Å². The molecule has 0 amide bonds. The number of carboxylic acids is 1. The summed E-state index contributed by atoms with van der Waals surface area (Å²) in [5.41, 5.74) is 3.12. The molecule has 0 aliphatic carbocycles. The summed E-state index contributed by atoms with van der Waals surface area (Å²) >= 11 is 0. The maximum atomic E-state index is 11.7. The standard InChI is InChI=1S/C20H24O3/c1-20(2,3)16-10-8-14(9-11-16)12-18(19(21)22)15-6-5-7-17(13-15)23-4/h5-11,13,18H,12H2,1-4H3,(H,21,22). The molecule has 0 saturated heterocycles. The minimum absolute atomic E-state index is 0.0948. The smallest absolute Gasteiger partial charge is 0.311 e. The van der Waals surface area contributed by atoms with Crippen molar-refractivity contribution in [3.05, 3.63) is 65.2 Å². The zero-order valence-corrected chi connectivity index (χ0v) is 14.2. The van der Waals surface area contributed by atoms with Gasteiger partial charge in [0.15, 0.2) is 0 Å². The van der Waals surface area contributed by atoms with Crippen LogP contribution in [0.15, 0.2) is 48.5 Å². The van der Waals surface area contributed by atoms with Crippen LogP contribution in [0.2, 0.25) is 0 Å². The third kappa shape index (κ3) is 4.35. The summed E-state index contributed by atoms with van der Waals surface area (Å²) in [6.07, 6.45) is 0.465. The predicted molar refractivity (Wildman–Crippen MR) is 92.2 cm³/mol. The fraction of sp³-hybridized carbons (Fsp3) is 0.350. The molecule has 2 aromatic carbocycles. The van der Waals surface area contributed by atoms with Gasteiger partial charge in [-0.05, 0) is 40.7 Å². The Balaban J connectivity index is 2.24. The number of methoxy groups -OCH3 is 1. The van der Waals surface area contributed by atoms with Gasteiger partial charge in [0.25, 0.3) is 0 Å². The first kappa shape index (κ1) is 17.1. The van der Waals surface area contributed by atoms with Gasteiger partial charge < -0.3 is 9.84 Å². The second-order valence-corrected chi connectivity index (χ2v) is 6.82. The summed E-state index contributed by atoms with van der Waals surface area (Å²) < 4.78 is 5.20. The average Bonchev–Trinajstić information content (AvgIpc) is 2.52. The van der Waals surface area contributed by atoms with Gasteiger partial charge in [0.05, 0.1) is 13.0 Å². The highest BCUT2D eigenvalue weighted by Crippen LogP contribution is 2.27. The Bertz CT molecular complexity index is 666. The van der Waals surface area contributed by atoms with Crippen LogP contribution in [0.4, 0.5) is 0 Å². The van der Waals surface area contributed by atoms with Crippen molar-refractivity contribution < 1.29 is 14.6 Å². The van der Waals surface area contributed by atoms with E-state index in [1.54, 1.807) is 13.2 Å². The van der Waals surface area contributed by atoms with Gasteiger partial charge in [0, 0.05) is 0 Å². The van der Waals surface area contributed by atoms with Crippen molar-refractivity contribution in [1.29, 1.82) is 0 Å². The molecule has 0 bridgehead atoms. The summed E-state index contributed by atoms with van der Waals surface area (Å²) in [5, 5.41) is 9.59. The van der Waals surface area contributed by atoms with E-state index in [0.29, 0.717) is 12.2 Å². The predicted octanol–water partition coefficient (Wildman–Crippen LogP) is 4.40. The quantitative estimate of drug-likeness (QED) is 0.890. The van der Waals surface area contributed by atoms with Crippen LogP contribution in [-0.4, -0.2) is 18.2 Å². The first-order valence-electron chi connectivity index (χ1n) is 7.77. The van der Waals surface area contributed by atoms with Gasteiger partial charge in [0.2, 0.25) is 0 Å². The summed E-state index contributed by atoms with van der Waals surface area (Å²) in [6, 6.07) is 15.5. The first-order valence-corrected chi connectivity index (χ1v) is 7.77. The molecule has 0 aliphatic heterocycles. The van der Waals surface area contributed by atoms with E-state index in [2.05, 4.69) is 32.9 Å². The Hall–Kier alpha value is -2.29. The minimum Gasteiger partial charge on any atom is -0.497 e. The van der Waals surface area contributed by atoms with Gasteiger partial charge in [-0.1, -0.05) is 57.2 Å². The molecule has 3 heteroatoms. The van der Waals surface area contributed by atoms with Crippen LogP contribution in [0.1, 0.15) is 43.4 Å². The Morgan fingerprint density at radius 1 is 1.13 bits per heavy atom. The van der Waals surface area contributed by atoms with E-state index in [4.69, 9.17) is 4.74 Å². The number of carboxylic acid groups (broad SMARTS) is 1. The SMILES string of the molecule is COc1cccc(C(Cc2ccc(C(C)(C)C)cc2)C(=O)O)c1. The molecule has 23 heavy (non-hydrogen) atoms. The number of hydrogen-bond donors (Lipinski definition) is 1. The molecule has 2 rings (SSSR count). The summed E-state index contributed by atoms with van der Waals surface area (Å²) in [6.45, 7) is 6.49. The maximum Gasteiger partial charge on any atom is 0.311 e. The lowest BCUT2D eigenvalue weighted by atomic mass is 9.85. The fourth-order valence-electron chi connectivity index (χ4n) is 2.58. The Kier molecular flexibility index (Phi) is 5.09. The molecule has 3 nitrogen and oxygen atoms in total. The fourth-order valence-corrected chi connectivity index (χ4v) is 2.58. The van der Waals surface area contributed by atoms with Crippen molar-refractivity contribution >= 4 is 5.97 Å². The van der Waals surface area contributed by atoms with Crippen LogP contribution in [0.25, 0.3) is 0 Å². The molecular weight excluding hydrogens is 288 g/mol. The molecule has 1 atom stereocenters. The number of hydrogen-bond acceptors (Lipinski definition) is 2. The molecule has 1 unspecified atom stereocenters. The average molecular weight is 312 g/mol. The van der Waals surface area contributed by atoms with E-state index >= 15 is 0 Å². The van der Waals surface area contributed by atoms with E-state index in [0.717, 1.165) is 11.1 Å². The highest BCUT2D eigenvalue weighted by atomic mass is 16.5. The van der Waals surface area contributed by atoms with Gasteiger partial charge in [-0.3, -0.25) is 4.79 Å². The van der Waals surface area contributed by atoms with Gasteiger partial charge in [-0.2, -0.15) is 0 Å². The van der Waals surface area contributed by atoms with Gasteiger partial charge in [-0.15, -0.1) is 0 Å². The summed E-state index contributed by atoms with van der Waals surface area (Å²) in [5.74, 6) is -0.722. The summed E-state index contributed by atoms with van der Waals surface area (Å²) in [7, 11) is 1.58. The lowest BCUT2D eigenvalue weighted by molar-refractivity contribution is -0.138. The minimum atomic E-state index is -0.821. The van der Waals surface area contributed by atoms with Crippen molar-refractivity contribution in [2.45, 2.75) is 38.5 Å². The number of carbonyl (C=O) groups is 1. The lowest BCUT2D eigenvalue weighted by Gasteiger charge is -2.20. The zero-order chi connectivity index (χ0) is 17.0. The zero-order valence-electron chi connectivity index (χ0n) is 14.2. The van der Waals surface area contributed by atoms with Crippen molar-refractivity contribution in [1.82, 2.24) is 0 Å². The maximum absolute atomic E-state index is 11.7. The van der Waals surface area contributed by atoms with Crippen molar-refractivity contribution in [3.8, 4) is 5.75 Å². The van der Waals surface area contributed by atoms with E-state index in [9.17, 15) is 9.90 Å². The van der Waals surface area contributed by atoms with Crippen LogP contribution in [0.5, 0.6) is 5.75 Å². The number of rotatable bonds is 5. The monoisotopic (exact) mass is 312 g/mol. The number of benzene rings is 2. The van der Waals surface area contributed by atoms with E-state index in [1.807, 2.05) is 30.3 Å². The largest absolute Gasteiger partial charge is 0.497 e. The molecule has 0 heterocycles. The molecule has 122 valence electrons. The molecule has 0 radical (unpaired) electrons. The molecule has 0 saturated carbocycles. The Morgan fingerprint density at radius 2 is 1.78 bits per heavy atom. The number of aliphatic carboxylic acids is 1. The van der Waals surface area contributed by atoms with E-state index < -0.39 is 11.9 Å². The third-order valence-electron chi connectivity index (χ3n) is 4.05. The first-order chi connectivity index (χ1) is 10.8. The van der Waals surface area contributed by atoms with Crippen LogP contribution in [0.3, 0.4) is 0 Å². The van der Waals surface area contributed by atoms with Gasteiger partial charge >= 0.3 is 5.97 Å². The molecule has 0 aliphatic rings. The second-order valence-electron chi connectivity index (χ2n) is 6.82. The Morgan fingerprint density at radius 3 is 2.30 bits per heavy atom. The van der Waals surface area contributed by atoms with Crippen LogP contribution < -0.4 is 4.74 Å². The molecule has 1 N–H and O–H groups in total. The molecular formula is C20H24O3.